The quantitative estimate of drug-likeness (QED) is 0.560. The number of hydrogen-bond donors (Lipinski definition) is 0. The van der Waals surface area contributed by atoms with Crippen molar-refractivity contribution in [2.75, 3.05) is 4.90 Å². The van der Waals surface area contributed by atoms with Gasteiger partial charge in [-0.2, -0.15) is 4.90 Å². The maximum absolute atomic E-state index is 12.4. The van der Waals surface area contributed by atoms with Crippen LogP contribution in [-0.4, -0.2) is 33.3 Å². The molecule has 0 unspecified atom stereocenters. The van der Waals surface area contributed by atoms with Crippen molar-refractivity contribution in [2.24, 2.45) is 0 Å². The Morgan fingerprint density at radius 1 is 1.12 bits per heavy atom. The highest BCUT2D eigenvalue weighted by Gasteiger charge is 2.35. The lowest BCUT2D eigenvalue weighted by molar-refractivity contribution is -0.385. The number of carbonyl (C=O) groups is 2. The second kappa shape index (κ2) is 7.22. The molecule has 0 spiro atoms. The smallest absolute Gasteiger partial charge is 0.425 e. The van der Waals surface area contributed by atoms with E-state index in [1.54, 1.807) is 41.5 Å². The lowest BCUT2D eigenvalue weighted by atomic mass is 10.2. The van der Waals surface area contributed by atoms with E-state index in [9.17, 15) is 19.7 Å². The molecule has 0 aliphatic rings. The molecular weight excluding hydrogens is 354 g/mol. The normalized spacial score (nSPS) is 11.6. The Hall–Kier alpha value is -2.42. The molecule has 10 heteroatoms. The fraction of sp³-hybridized carbons (Fsp3) is 0.533. The fourth-order valence-corrected chi connectivity index (χ4v) is 1.79. The summed E-state index contributed by atoms with van der Waals surface area (Å²) in [7, 11) is 0. The van der Waals surface area contributed by atoms with Crippen LogP contribution in [0.15, 0.2) is 12.3 Å². The Bertz CT molecular complexity index is 665. The lowest BCUT2D eigenvalue weighted by Crippen LogP contribution is -2.44. The molecule has 25 heavy (non-hydrogen) atoms. The van der Waals surface area contributed by atoms with E-state index in [0.29, 0.717) is 4.90 Å². The van der Waals surface area contributed by atoms with Crippen LogP contribution in [0.4, 0.5) is 21.1 Å². The number of pyridine rings is 1. The van der Waals surface area contributed by atoms with Gasteiger partial charge in [0, 0.05) is 6.07 Å². The summed E-state index contributed by atoms with van der Waals surface area (Å²) in [6, 6.07) is 0.978. The predicted molar refractivity (Wildman–Crippen MR) is 90.8 cm³/mol. The van der Waals surface area contributed by atoms with Crippen LogP contribution in [0.2, 0.25) is 5.02 Å². The third kappa shape index (κ3) is 6.18. The van der Waals surface area contributed by atoms with E-state index in [4.69, 9.17) is 21.1 Å². The van der Waals surface area contributed by atoms with E-state index >= 15 is 0 Å². The monoisotopic (exact) mass is 373 g/mol. The van der Waals surface area contributed by atoms with E-state index in [-0.39, 0.29) is 16.5 Å². The highest BCUT2D eigenvalue weighted by molar-refractivity contribution is 6.34. The molecule has 0 radical (unpaired) electrons. The number of hydrogen-bond acceptors (Lipinski definition) is 7. The first kappa shape index (κ1) is 20.6. The third-order valence-corrected chi connectivity index (χ3v) is 2.66. The molecule has 0 aliphatic carbocycles. The summed E-state index contributed by atoms with van der Waals surface area (Å²) in [4.78, 5) is 39.2. The molecule has 0 fully saturated rings. The number of amides is 2. The van der Waals surface area contributed by atoms with Crippen LogP contribution in [0.3, 0.4) is 0 Å². The van der Waals surface area contributed by atoms with Gasteiger partial charge in [0.2, 0.25) is 0 Å². The van der Waals surface area contributed by atoms with Gasteiger partial charge < -0.3 is 9.47 Å². The van der Waals surface area contributed by atoms with Gasteiger partial charge in [0.05, 0.1) is 9.95 Å². The van der Waals surface area contributed by atoms with Gasteiger partial charge in [-0.3, -0.25) is 10.1 Å². The predicted octanol–water partition coefficient (Wildman–Crippen LogP) is 4.32. The second-order valence-corrected chi connectivity index (χ2v) is 7.46. The van der Waals surface area contributed by atoms with Crippen molar-refractivity contribution in [1.82, 2.24) is 4.98 Å². The summed E-state index contributed by atoms with van der Waals surface area (Å²) in [5, 5.41) is 10.5. The lowest BCUT2D eigenvalue weighted by Gasteiger charge is -2.28. The van der Waals surface area contributed by atoms with Crippen molar-refractivity contribution in [2.45, 2.75) is 52.7 Å². The number of halogens is 1. The van der Waals surface area contributed by atoms with Crippen molar-refractivity contribution >= 4 is 35.3 Å². The molecule has 1 rings (SSSR count). The molecule has 1 heterocycles. The summed E-state index contributed by atoms with van der Waals surface area (Å²) in [6.45, 7) is 9.68. The van der Waals surface area contributed by atoms with Crippen LogP contribution in [0, 0.1) is 10.1 Å². The molecule has 2 amide bonds. The topological polar surface area (TPSA) is 112 Å². The Labute approximate surface area is 150 Å². The molecule has 1 aromatic heterocycles. The number of ether oxygens (including phenoxy) is 2. The molecule has 0 bridgehead atoms. The maximum atomic E-state index is 12.4. The van der Waals surface area contributed by atoms with Crippen molar-refractivity contribution in [3.63, 3.8) is 0 Å². The van der Waals surface area contributed by atoms with Crippen LogP contribution >= 0.6 is 11.6 Å². The zero-order chi connectivity index (χ0) is 19.6. The van der Waals surface area contributed by atoms with E-state index in [0.717, 1.165) is 12.3 Å². The molecule has 0 aromatic carbocycles. The highest BCUT2D eigenvalue weighted by Crippen LogP contribution is 2.29. The average molecular weight is 374 g/mol. The number of aromatic nitrogens is 1. The zero-order valence-electron chi connectivity index (χ0n) is 14.8. The highest BCUT2D eigenvalue weighted by atomic mass is 35.5. The number of nitro groups is 1. The van der Waals surface area contributed by atoms with Crippen molar-refractivity contribution in [1.29, 1.82) is 0 Å². The van der Waals surface area contributed by atoms with Gasteiger partial charge in [0.15, 0.2) is 5.82 Å². The Kier molecular flexibility index (Phi) is 5.96. The summed E-state index contributed by atoms with van der Waals surface area (Å²) < 4.78 is 10.4. The molecular formula is C15H20ClN3O6. The van der Waals surface area contributed by atoms with E-state index in [1.165, 1.54) is 0 Å². The van der Waals surface area contributed by atoms with Crippen LogP contribution in [0.5, 0.6) is 0 Å². The van der Waals surface area contributed by atoms with Crippen LogP contribution in [-0.2, 0) is 9.47 Å². The minimum absolute atomic E-state index is 0.272. The molecule has 0 N–H and O–H groups in total. The van der Waals surface area contributed by atoms with Crippen molar-refractivity contribution in [3.8, 4) is 0 Å². The summed E-state index contributed by atoms with van der Waals surface area (Å²) in [5.41, 5.74) is -2.18. The second-order valence-electron chi connectivity index (χ2n) is 7.05. The summed E-state index contributed by atoms with van der Waals surface area (Å²) >= 11 is 5.97. The fourth-order valence-electron chi connectivity index (χ4n) is 1.55. The molecule has 0 atom stereocenters. The molecule has 9 nitrogen and oxygen atoms in total. The van der Waals surface area contributed by atoms with Gasteiger partial charge >= 0.3 is 12.2 Å². The molecule has 138 valence electrons. The Morgan fingerprint density at radius 2 is 1.56 bits per heavy atom. The molecule has 1 aromatic rings. The van der Waals surface area contributed by atoms with E-state index in [2.05, 4.69) is 4.98 Å². The van der Waals surface area contributed by atoms with Gasteiger partial charge in [0.25, 0.3) is 5.69 Å². The van der Waals surface area contributed by atoms with Crippen LogP contribution < -0.4 is 4.90 Å². The Morgan fingerprint density at radius 3 is 1.88 bits per heavy atom. The van der Waals surface area contributed by atoms with Crippen LogP contribution in [0.1, 0.15) is 41.5 Å². The molecule has 0 aliphatic heterocycles. The summed E-state index contributed by atoms with van der Waals surface area (Å²) in [6.07, 6.45) is -1.25. The molecule has 0 saturated carbocycles. The number of anilines is 1. The maximum Gasteiger partial charge on any atom is 0.425 e. The number of nitrogens with zero attached hydrogens (tertiary/aromatic N) is 3. The number of carbonyl (C=O) groups excluding carboxylic acids is 2. The van der Waals surface area contributed by atoms with Gasteiger partial charge in [-0.15, -0.1) is 0 Å². The van der Waals surface area contributed by atoms with Gasteiger partial charge in [-0.05, 0) is 41.5 Å². The van der Waals surface area contributed by atoms with Gasteiger partial charge in [-0.25, -0.2) is 14.6 Å². The first-order valence-electron chi connectivity index (χ1n) is 7.27. The Balaban J connectivity index is 3.33. The van der Waals surface area contributed by atoms with Crippen LogP contribution in [0.25, 0.3) is 0 Å². The first-order chi connectivity index (χ1) is 11.2. The van der Waals surface area contributed by atoms with E-state index in [1.807, 2.05) is 0 Å². The minimum Gasteiger partial charge on any atom is -0.443 e. The largest absolute Gasteiger partial charge is 0.443 e. The first-order valence-corrected chi connectivity index (χ1v) is 7.65. The van der Waals surface area contributed by atoms with Gasteiger partial charge in [-0.1, -0.05) is 11.6 Å². The third-order valence-electron chi connectivity index (χ3n) is 2.38. The number of imide groups is 1. The number of rotatable bonds is 2. The van der Waals surface area contributed by atoms with Crippen molar-refractivity contribution in [3.05, 3.63) is 27.4 Å². The van der Waals surface area contributed by atoms with E-state index < -0.39 is 28.3 Å². The summed E-state index contributed by atoms with van der Waals surface area (Å²) in [5.74, 6) is -0.323. The van der Waals surface area contributed by atoms with Gasteiger partial charge in [0.1, 0.15) is 17.4 Å². The zero-order valence-corrected chi connectivity index (χ0v) is 15.6. The molecule has 0 saturated heterocycles. The standard InChI is InChI=1S/C15H20ClN3O6/c1-14(2,3)24-12(20)18(13(21)25-15(4,5)6)11-10(16)7-9(8-17-11)19(22)23/h7-8H,1-6H3. The minimum atomic E-state index is -1.06. The van der Waals surface area contributed by atoms with Crippen molar-refractivity contribution < 1.29 is 24.0 Å². The SMILES string of the molecule is CC(C)(C)OC(=O)N(C(=O)OC(C)(C)C)c1ncc([N+](=O)[O-])cc1Cl. The average Bonchev–Trinajstić information content (AvgIpc) is 2.36.